The van der Waals surface area contributed by atoms with Gasteiger partial charge in [-0.2, -0.15) is 4.98 Å². The number of hydrogen-bond donors (Lipinski definition) is 1. The lowest BCUT2D eigenvalue weighted by Gasteiger charge is -2.07. The molecule has 0 aromatic carbocycles. The second kappa shape index (κ2) is 4.93. The van der Waals surface area contributed by atoms with Crippen molar-refractivity contribution >= 4 is 0 Å². The topological polar surface area (TPSA) is 60.2 Å². The summed E-state index contributed by atoms with van der Waals surface area (Å²) in [5.41, 5.74) is 0. The second-order valence-corrected chi connectivity index (χ2v) is 4.56. The standard InChI is InChI=1S/C11H19N3O2/c1-7(2)12-6-10-13-11(16-14-10)9-4-5-15-8(9)3/h7-9,12H,4-6H2,1-3H3. The quantitative estimate of drug-likeness (QED) is 0.840. The third kappa shape index (κ3) is 2.59. The van der Waals surface area contributed by atoms with Gasteiger partial charge in [0.15, 0.2) is 5.82 Å². The van der Waals surface area contributed by atoms with E-state index in [9.17, 15) is 0 Å². The van der Waals surface area contributed by atoms with Crippen LogP contribution in [0.5, 0.6) is 0 Å². The van der Waals surface area contributed by atoms with Crippen molar-refractivity contribution in [3.8, 4) is 0 Å². The maximum absolute atomic E-state index is 5.48. The van der Waals surface area contributed by atoms with E-state index in [4.69, 9.17) is 9.26 Å². The molecule has 2 atom stereocenters. The molecule has 0 aliphatic carbocycles. The van der Waals surface area contributed by atoms with Crippen LogP contribution in [0.3, 0.4) is 0 Å². The maximum atomic E-state index is 5.48. The maximum Gasteiger partial charge on any atom is 0.232 e. The van der Waals surface area contributed by atoms with Gasteiger partial charge in [0, 0.05) is 12.6 Å². The number of rotatable bonds is 4. The van der Waals surface area contributed by atoms with Crippen LogP contribution in [0, 0.1) is 0 Å². The van der Waals surface area contributed by atoms with Gasteiger partial charge in [0.2, 0.25) is 5.89 Å². The van der Waals surface area contributed by atoms with E-state index in [1.807, 2.05) is 6.92 Å². The van der Waals surface area contributed by atoms with Gasteiger partial charge >= 0.3 is 0 Å². The van der Waals surface area contributed by atoms with E-state index >= 15 is 0 Å². The van der Waals surface area contributed by atoms with Crippen LogP contribution in [0.25, 0.3) is 0 Å². The first-order valence-corrected chi connectivity index (χ1v) is 5.84. The zero-order valence-corrected chi connectivity index (χ0v) is 10.1. The number of aromatic nitrogens is 2. The Morgan fingerprint density at radius 3 is 2.94 bits per heavy atom. The minimum Gasteiger partial charge on any atom is -0.378 e. The van der Waals surface area contributed by atoms with Gasteiger partial charge in [-0.25, -0.2) is 0 Å². The van der Waals surface area contributed by atoms with Gasteiger partial charge in [0.25, 0.3) is 0 Å². The minimum atomic E-state index is 0.186. The number of nitrogens with zero attached hydrogens (tertiary/aromatic N) is 2. The Balaban J connectivity index is 1.96. The van der Waals surface area contributed by atoms with Crippen LogP contribution in [0.2, 0.25) is 0 Å². The highest BCUT2D eigenvalue weighted by molar-refractivity contribution is 4.99. The summed E-state index contributed by atoms with van der Waals surface area (Å²) in [6.45, 7) is 7.67. The molecular formula is C11H19N3O2. The summed E-state index contributed by atoms with van der Waals surface area (Å²) in [6, 6.07) is 0.427. The molecule has 2 unspecified atom stereocenters. The molecule has 1 aliphatic rings. The summed E-state index contributed by atoms with van der Waals surface area (Å²) in [6.07, 6.45) is 1.16. The summed E-state index contributed by atoms with van der Waals surface area (Å²) in [5, 5.41) is 7.22. The average molecular weight is 225 g/mol. The van der Waals surface area contributed by atoms with Crippen LogP contribution < -0.4 is 5.32 Å². The van der Waals surface area contributed by atoms with Crippen LogP contribution in [0.15, 0.2) is 4.52 Å². The van der Waals surface area contributed by atoms with Gasteiger partial charge in [-0.15, -0.1) is 0 Å². The SMILES string of the molecule is CC(C)NCc1noc(C2CCOC2C)n1. The molecule has 1 N–H and O–H groups in total. The Kier molecular flexibility index (Phi) is 3.56. The van der Waals surface area contributed by atoms with E-state index in [1.54, 1.807) is 0 Å². The van der Waals surface area contributed by atoms with Gasteiger partial charge < -0.3 is 14.6 Å². The van der Waals surface area contributed by atoms with Crippen molar-refractivity contribution in [3.05, 3.63) is 11.7 Å². The molecule has 0 bridgehead atoms. The third-order valence-corrected chi connectivity index (χ3v) is 2.85. The number of hydrogen-bond acceptors (Lipinski definition) is 5. The normalized spacial score (nSPS) is 25.5. The summed E-state index contributed by atoms with van der Waals surface area (Å²) < 4.78 is 10.8. The molecule has 1 fully saturated rings. The summed E-state index contributed by atoms with van der Waals surface area (Å²) in [5.74, 6) is 1.70. The summed E-state index contributed by atoms with van der Waals surface area (Å²) >= 11 is 0. The van der Waals surface area contributed by atoms with Crippen LogP contribution in [-0.4, -0.2) is 28.9 Å². The molecule has 0 saturated carbocycles. The van der Waals surface area contributed by atoms with E-state index < -0.39 is 0 Å². The zero-order chi connectivity index (χ0) is 11.5. The van der Waals surface area contributed by atoms with Gasteiger partial charge in [0.1, 0.15) is 0 Å². The lowest BCUT2D eigenvalue weighted by molar-refractivity contribution is 0.113. The third-order valence-electron chi connectivity index (χ3n) is 2.85. The predicted molar refractivity (Wildman–Crippen MR) is 59.0 cm³/mol. The summed E-state index contributed by atoms with van der Waals surface area (Å²) in [4.78, 5) is 4.39. The first kappa shape index (κ1) is 11.5. The van der Waals surface area contributed by atoms with Crippen molar-refractivity contribution in [2.75, 3.05) is 6.61 Å². The van der Waals surface area contributed by atoms with E-state index in [2.05, 4.69) is 29.3 Å². The summed E-state index contributed by atoms with van der Waals surface area (Å²) in [7, 11) is 0. The molecular weight excluding hydrogens is 206 g/mol. The lowest BCUT2D eigenvalue weighted by atomic mass is 10.0. The fraction of sp³-hybridized carbons (Fsp3) is 0.818. The predicted octanol–water partition coefficient (Wildman–Crippen LogP) is 1.46. The molecule has 0 amide bonds. The van der Waals surface area contributed by atoms with Crippen LogP contribution in [0.4, 0.5) is 0 Å². The van der Waals surface area contributed by atoms with Gasteiger partial charge in [-0.3, -0.25) is 0 Å². The van der Waals surface area contributed by atoms with Crippen LogP contribution in [-0.2, 0) is 11.3 Å². The second-order valence-electron chi connectivity index (χ2n) is 4.56. The fourth-order valence-corrected chi connectivity index (χ4v) is 1.84. The van der Waals surface area contributed by atoms with Crippen LogP contribution in [0.1, 0.15) is 44.8 Å². The molecule has 5 heteroatoms. The van der Waals surface area contributed by atoms with Gasteiger partial charge in [-0.05, 0) is 13.3 Å². The molecule has 0 radical (unpaired) electrons. The van der Waals surface area contributed by atoms with Gasteiger partial charge in [-0.1, -0.05) is 19.0 Å². The molecule has 1 saturated heterocycles. The molecule has 1 aliphatic heterocycles. The monoisotopic (exact) mass is 225 g/mol. The van der Waals surface area contributed by atoms with E-state index in [0.29, 0.717) is 18.5 Å². The average Bonchev–Trinajstić information content (AvgIpc) is 2.83. The first-order chi connectivity index (χ1) is 7.66. The van der Waals surface area contributed by atoms with Crippen molar-refractivity contribution in [1.82, 2.24) is 15.5 Å². The largest absolute Gasteiger partial charge is 0.378 e. The fourth-order valence-electron chi connectivity index (χ4n) is 1.84. The van der Waals surface area contributed by atoms with Crippen molar-refractivity contribution in [2.24, 2.45) is 0 Å². The number of nitrogens with one attached hydrogen (secondary N) is 1. The Morgan fingerprint density at radius 2 is 2.31 bits per heavy atom. The highest BCUT2D eigenvalue weighted by Crippen LogP contribution is 2.29. The van der Waals surface area contributed by atoms with E-state index in [0.717, 1.165) is 18.9 Å². The first-order valence-electron chi connectivity index (χ1n) is 5.84. The van der Waals surface area contributed by atoms with E-state index in [1.165, 1.54) is 0 Å². The Morgan fingerprint density at radius 1 is 1.50 bits per heavy atom. The smallest absolute Gasteiger partial charge is 0.232 e. The van der Waals surface area contributed by atoms with Crippen molar-refractivity contribution in [3.63, 3.8) is 0 Å². The lowest BCUT2D eigenvalue weighted by Crippen LogP contribution is -2.22. The number of ether oxygens (including phenoxy) is 1. The Bertz CT molecular complexity index is 338. The molecule has 1 aromatic rings. The molecule has 90 valence electrons. The van der Waals surface area contributed by atoms with Crippen LogP contribution >= 0.6 is 0 Å². The Hall–Kier alpha value is -0.940. The molecule has 2 rings (SSSR count). The minimum absolute atomic E-state index is 0.186. The Labute approximate surface area is 95.6 Å². The molecule has 16 heavy (non-hydrogen) atoms. The molecule has 5 nitrogen and oxygen atoms in total. The van der Waals surface area contributed by atoms with Crippen molar-refractivity contribution in [1.29, 1.82) is 0 Å². The van der Waals surface area contributed by atoms with Crippen molar-refractivity contribution < 1.29 is 9.26 Å². The van der Waals surface area contributed by atoms with E-state index in [-0.39, 0.29) is 12.0 Å². The van der Waals surface area contributed by atoms with Gasteiger partial charge in [0.05, 0.1) is 18.6 Å². The van der Waals surface area contributed by atoms with Crippen molar-refractivity contribution in [2.45, 2.75) is 51.8 Å². The highest BCUT2D eigenvalue weighted by atomic mass is 16.5. The highest BCUT2D eigenvalue weighted by Gasteiger charge is 2.30. The molecule has 0 spiro atoms. The molecule has 1 aromatic heterocycles. The zero-order valence-electron chi connectivity index (χ0n) is 10.1. The molecule has 2 heterocycles.